The molecule has 0 saturated carbocycles. The number of pyridine rings is 1. The Morgan fingerprint density at radius 3 is 2.53 bits per heavy atom. The molecule has 38 heavy (non-hydrogen) atoms. The molecule has 6 rings (SSSR count). The van der Waals surface area contributed by atoms with Crippen LogP contribution in [-0.2, 0) is 32.6 Å². The van der Waals surface area contributed by atoms with Gasteiger partial charge in [-0.1, -0.05) is 42.5 Å². The first kappa shape index (κ1) is 23.8. The standard InChI is InChI=1S/C28H25FN6O3/c29-23-8-6-20(7-9-23)15-34(17-27-31-32-33-35(27)11-10-19-4-2-1-3-5-19)16-22-12-21-13-25-26(38-18-37-25)14-24(21)30-28(22)36/h1-9,12-14H,10-11,15-18H2,(H,30,36). The number of ether oxygens (including phenoxy) is 2. The predicted octanol–water partition coefficient (Wildman–Crippen LogP) is 3.83. The fourth-order valence-corrected chi connectivity index (χ4v) is 4.61. The molecule has 0 radical (unpaired) electrons. The highest BCUT2D eigenvalue weighted by molar-refractivity contribution is 5.83. The summed E-state index contributed by atoms with van der Waals surface area (Å²) in [6, 6.07) is 22.0. The van der Waals surface area contributed by atoms with Crippen LogP contribution in [0.25, 0.3) is 10.9 Å². The summed E-state index contributed by atoms with van der Waals surface area (Å²) >= 11 is 0. The minimum absolute atomic E-state index is 0.160. The second-order valence-corrected chi connectivity index (χ2v) is 9.24. The summed E-state index contributed by atoms with van der Waals surface area (Å²) in [5.74, 6) is 1.65. The molecule has 0 atom stereocenters. The zero-order valence-corrected chi connectivity index (χ0v) is 20.5. The molecule has 0 fully saturated rings. The molecule has 0 unspecified atom stereocenters. The van der Waals surface area contributed by atoms with Crippen LogP contribution < -0.4 is 15.0 Å². The third kappa shape index (κ3) is 5.25. The van der Waals surface area contributed by atoms with Gasteiger partial charge in [0.25, 0.3) is 5.56 Å². The molecule has 10 heteroatoms. The maximum Gasteiger partial charge on any atom is 0.252 e. The van der Waals surface area contributed by atoms with E-state index in [2.05, 4.69) is 37.5 Å². The number of H-pyrrole nitrogens is 1. The fourth-order valence-electron chi connectivity index (χ4n) is 4.61. The van der Waals surface area contributed by atoms with Crippen molar-refractivity contribution in [1.82, 2.24) is 30.1 Å². The van der Waals surface area contributed by atoms with Crippen molar-refractivity contribution in [2.45, 2.75) is 32.6 Å². The summed E-state index contributed by atoms with van der Waals surface area (Å²) in [6.07, 6.45) is 0.789. The van der Waals surface area contributed by atoms with Crippen molar-refractivity contribution in [1.29, 1.82) is 0 Å². The van der Waals surface area contributed by atoms with Crippen molar-refractivity contribution in [3.63, 3.8) is 0 Å². The second-order valence-electron chi connectivity index (χ2n) is 9.24. The van der Waals surface area contributed by atoms with Gasteiger partial charge in [-0.3, -0.25) is 9.69 Å². The van der Waals surface area contributed by atoms with E-state index in [0.717, 1.165) is 17.4 Å². The minimum atomic E-state index is -0.296. The molecule has 1 N–H and O–H groups in total. The van der Waals surface area contributed by atoms with Gasteiger partial charge in [0.1, 0.15) is 5.82 Å². The van der Waals surface area contributed by atoms with E-state index in [1.807, 2.05) is 30.3 Å². The monoisotopic (exact) mass is 512 g/mol. The smallest absolute Gasteiger partial charge is 0.252 e. The first-order chi connectivity index (χ1) is 18.6. The van der Waals surface area contributed by atoms with Crippen LogP contribution in [0.3, 0.4) is 0 Å². The van der Waals surface area contributed by atoms with Crippen LogP contribution in [0, 0.1) is 5.82 Å². The molecule has 5 aromatic rings. The van der Waals surface area contributed by atoms with Crippen LogP contribution in [0.5, 0.6) is 11.5 Å². The minimum Gasteiger partial charge on any atom is -0.454 e. The van der Waals surface area contributed by atoms with Crippen LogP contribution in [0.4, 0.5) is 4.39 Å². The lowest BCUT2D eigenvalue weighted by Crippen LogP contribution is -2.28. The van der Waals surface area contributed by atoms with E-state index in [-0.39, 0.29) is 18.2 Å². The first-order valence-electron chi connectivity index (χ1n) is 12.3. The Bertz CT molecular complexity index is 1620. The number of rotatable bonds is 9. The summed E-state index contributed by atoms with van der Waals surface area (Å²) in [5, 5.41) is 13.2. The van der Waals surface area contributed by atoms with E-state index in [4.69, 9.17) is 9.47 Å². The Morgan fingerprint density at radius 2 is 1.71 bits per heavy atom. The summed E-state index contributed by atoms with van der Waals surface area (Å²) in [4.78, 5) is 18.1. The van der Waals surface area contributed by atoms with Gasteiger partial charge in [0.2, 0.25) is 6.79 Å². The highest BCUT2D eigenvalue weighted by atomic mass is 19.1. The number of fused-ring (bicyclic) bond motifs is 2. The quantitative estimate of drug-likeness (QED) is 0.321. The van der Waals surface area contributed by atoms with E-state index in [1.165, 1.54) is 17.7 Å². The number of hydrogen-bond acceptors (Lipinski definition) is 7. The lowest BCUT2D eigenvalue weighted by atomic mass is 10.1. The molecule has 0 saturated heterocycles. The SMILES string of the molecule is O=c1[nH]c2cc3c(cc2cc1CN(Cc1ccc(F)cc1)Cc1nnnn1CCc1ccccc1)OCO3. The molecule has 0 spiro atoms. The highest BCUT2D eigenvalue weighted by Gasteiger charge is 2.18. The van der Waals surface area contributed by atoms with E-state index >= 15 is 0 Å². The Hall–Kier alpha value is -4.57. The van der Waals surface area contributed by atoms with E-state index in [0.29, 0.717) is 54.6 Å². The van der Waals surface area contributed by atoms with Crippen molar-refractivity contribution in [2.24, 2.45) is 0 Å². The number of hydrogen-bond donors (Lipinski definition) is 1. The molecule has 1 aliphatic heterocycles. The number of benzene rings is 3. The molecular weight excluding hydrogens is 487 g/mol. The molecule has 192 valence electrons. The molecule has 3 aromatic carbocycles. The average Bonchev–Trinajstić information content (AvgIpc) is 3.57. The van der Waals surface area contributed by atoms with Crippen molar-refractivity contribution >= 4 is 10.9 Å². The zero-order chi connectivity index (χ0) is 25.9. The van der Waals surface area contributed by atoms with Gasteiger partial charge in [0, 0.05) is 36.7 Å². The summed E-state index contributed by atoms with van der Waals surface area (Å²) in [5.41, 5.74) is 3.18. The van der Waals surface area contributed by atoms with Gasteiger partial charge in [0.05, 0.1) is 12.1 Å². The lowest BCUT2D eigenvalue weighted by molar-refractivity contribution is 0.174. The highest BCUT2D eigenvalue weighted by Crippen LogP contribution is 2.35. The van der Waals surface area contributed by atoms with E-state index < -0.39 is 0 Å². The van der Waals surface area contributed by atoms with Crippen molar-refractivity contribution < 1.29 is 13.9 Å². The third-order valence-corrected chi connectivity index (χ3v) is 6.55. The molecule has 0 aliphatic carbocycles. The molecular formula is C28H25FN6O3. The number of halogens is 1. The van der Waals surface area contributed by atoms with Crippen molar-refractivity contribution in [3.8, 4) is 11.5 Å². The summed E-state index contributed by atoms with van der Waals surface area (Å²) < 4.78 is 26.3. The molecule has 1 aliphatic rings. The third-order valence-electron chi connectivity index (χ3n) is 6.55. The molecule has 3 heterocycles. The Morgan fingerprint density at radius 1 is 0.921 bits per heavy atom. The van der Waals surface area contributed by atoms with Crippen LogP contribution in [0.2, 0.25) is 0 Å². The largest absolute Gasteiger partial charge is 0.454 e. The maximum absolute atomic E-state index is 13.5. The molecule has 0 amide bonds. The van der Waals surface area contributed by atoms with Crippen LogP contribution >= 0.6 is 0 Å². The van der Waals surface area contributed by atoms with E-state index in [9.17, 15) is 9.18 Å². The van der Waals surface area contributed by atoms with Gasteiger partial charge in [-0.2, -0.15) is 0 Å². The summed E-state index contributed by atoms with van der Waals surface area (Å²) in [7, 11) is 0. The van der Waals surface area contributed by atoms with Gasteiger partial charge >= 0.3 is 0 Å². The Kier molecular flexibility index (Phi) is 6.53. The van der Waals surface area contributed by atoms with Gasteiger partial charge in [-0.15, -0.1) is 5.10 Å². The topological polar surface area (TPSA) is 98.2 Å². The fraction of sp³-hybridized carbons (Fsp3) is 0.214. The average molecular weight is 513 g/mol. The molecule has 2 aromatic heterocycles. The zero-order valence-electron chi connectivity index (χ0n) is 20.5. The number of nitrogens with one attached hydrogen (secondary N) is 1. The van der Waals surface area contributed by atoms with Crippen molar-refractivity contribution in [2.75, 3.05) is 6.79 Å². The van der Waals surface area contributed by atoms with Gasteiger partial charge in [0.15, 0.2) is 17.3 Å². The number of aryl methyl sites for hydroxylation is 2. The number of nitrogens with zero attached hydrogens (tertiary/aromatic N) is 5. The first-order valence-corrected chi connectivity index (χ1v) is 12.3. The van der Waals surface area contributed by atoms with Crippen molar-refractivity contribution in [3.05, 3.63) is 111 Å². The Balaban J connectivity index is 1.27. The van der Waals surface area contributed by atoms with Crippen LogP contribution in [-0.4, -0.2) is 36.9 Å². The van der Waals surface area contributed by atoms with E-state index in [1.54, 1.807) is 22.9 Å². The van der Waals surface area contributed by atoms with Crippen LogP contribution in [0.1, 0.15) is 22.5 Å². The predicted molar refractivity (Wildman–Crippen MR) is 138 cm³/mol. The Labute approximate surface area is 217 Å². The normalized spacial score (nSPS) is 12.5. The number of tetrazole rings is 1. The number of aromatic amines is 1. The second kappa shape index (κ2) is 10.4. The number of aromatic nitrogens is 5. The molecule has 0 bridgehead atoms. The lowest BCUT2D eigenvalue weighted by Gasteiger charge is -2.22. The van der Waals surface area contributed by atoms with Gasteiger partial charge in [-0.05, 0) is 52.2 Å². The van der Waals surface area contributed by atoms with Crippen LogP contribution in [0.15, 0.2) is 77.6 Å². The summed E-state index contributed by atoms with van der Waals surface area (Å²) in [6.45, 7) is 2.00. The maximum atomic E-state index is 13.5. The molecule has 9 nitrogen and oxygen atoms in total. The van der Waals surface area contributed by atoms with Gasteiger partial charge < -0.3 is 14.5 Å². The van der Waals surface area contributed by atoms with Gasteiger partial charge in [-0.25, -0.2) is 9.07 Å².